The molecule has 1 N–H and O–H groups in total. The van der Waals surface area contributed by atoms with Gasteiger partial charge in [0.2, 0.25) is 0 Å². The summed E-state index contributed by atoms with van der Waals surface area (Å²) in [6, 6.07) is 0. The minimum absolute atomic E-state index is 0.255. The molecule has 3 nitrogen and oxygen atoms in total. The second kappa shape index (κ2) is 8.60. The molecule has 0 heterocycles. The van der Waals surface area contributed by atoms with Crippen molar-refractivity contribution in [3.05, 3.63) is 11.8 Å². The second-order valence-corrected chi connectivity index (χ2v) is 3.22. The summed E-state index contributed by atoms with van der Waals surface area (Å²) in [5, 5.41) is 9.23. The quantitative estimate of drug-likeness (QED) is 0.297. The lowest BCUT2D eigenvalue weighted by Crippen LogP contribution is -2.08. The second-order valence-electron chi connectivity index (χ2n) is 3.22. The van der Waals surface area contributed by atoms with Gasteiger partial charge in [-0.25, -0.2) is 4.79 Å². The average molecular weight is 200 g/mol. The van der Waals surface area contributed by atoms with Crippen LogP contribution < -0.4 is 0 Å². The van der Waals surface area contributed by atoms with Crippen molar-refractivity contribution in [2.75, 3.05) is 6.61 Å². The lowest BCUT2D eigenvalue weighted by atomic mass is 10.2. The fraction of sp³-hybridized carbons (Fsp3) is 0.727. The zero-order valence-electron chi connectivity index (χ0n) is 9.08. The van der Waals surface area contributed by atoms with E-state index in [9.17, 15) is 9.90 Å². The maximum absolute atomic E-state index is 11.1. The molecular formula is C11H20O3. The first-order valence-electron chi connectivity index (χ1n) is 5.28. The monoisotopic (exact) mass is 200 g/mol. The molecule has 0 atom stereocenters. The number of carbonyl (C=O) groups excluding carboxylic acids is 1. The molecule has 0 amide bonds. The summed E-state index contributed by atoms with van der Waals surface area (Å²) in [5.74, 6) is -0.857. The van der Waals surface area contributed by atoms with Crippen LogP contribution in [0, 0.1) is 0 Å². The van der Waals surface area contributed by atoms with Crippen molar-refractivity contribution >= 4 is 5.97 Å². The molecule has 0 fully saturated rings. The number of esters is 1. The lowest BCUT2D eigenvalue weighted by molar-refractivity contribution is -0.142. The zero-order chi connectivity index (χ0) is 10.8. The van der Waals surface area contributed by atoms with Crippen LogP contribution in [0.2, 0.25) is 0 Å². The highest BCUT2D eigenvalue weighted by molar-refractivity contribution is 5.85. The van der Waals surface area contributed by atoms with Crippen molar-refractivity contribution < 1.29 is 14.6 Å². The van der Waals surface area contributed by atoms with Gasteiger partial charge in [-0.15, -0.1) is 0 Å². The van der Waals surface area contributed by atoms with Crippen LogP contribution in [0.1, 0.15) is 46.0 Å². The van der Waals surface area contributed by atoms with E-state index in [0.717, 1.165) is 32.1 Å². The predicted octanol–water partition coefficient (Wildman–Crippen LogP) is 2.96. The maximum atomic E-state index is 11.1. The van der Waals surface area contributed by atoms with Crippen LogP contribution >= 0.6 is 0 Å². The Labute approximate surface area is 85.8 Å². The van der Waals surface area contributed by atoms with Crippen LogP contribution in [0.15, 0.2) is 11.8 Å². The number of allylic oxidation sites excluding steroid dienone is 1. The van der Waals surface area contributed by atoms with Gasteiger partial charge in [0.25, 0.3) is 0 Å². The Hall–Kier alpha value is -0.990. The Balaban J connectivity index is 3.68. The number of ether oxygens (including phenoxy) is 1. The molecule has 0 aliphatic carbocycles. The molecule has 0 aliphatic heterocycles. The fourth-order valence-electron chi connectivity index (χ4n) is 0.909. The fourth-order valence-corrected chi connectivity index (χ4v) is 0.909. The van der Waals surface area contributed by atoms with Crippen LogP contribution in [-0.4, -0.2) is 17.7 Å². The summed E-state index contributed by atoms with van der Waals surface area (Å²) in [6.07, 6.45) is 6.10. The molecule has 0 aromatic heterocycles. The highest BCUT2D eigenvalue weighted by Crippen LogP contribution is 2.01. The maximum Gasteiger partial charge on any atom is 0.373 e. The molecule has 0 aromatic carbocycles. The van der Waals surface area contributed by atoms with Gasteiger partial charge in [0.15, 0.2) is 5.76 Å². The summed E-state index contributed by atoms with van der Waals surface area (Å²) in [6.45, 7) is 4.47. The Morgan fingerprint density at radius 1 is 1.29 bits per heavy atom. The van der Waals surface area contributed by atoms with E-state index < -0.39 is 5.97 Å². The minimum atomic E-state index is -0.602. The van der Waals surface area contributed by atoms with E-state index in [4.69, 9.17) is 4.74 Å². The first-order chi connectivity index (χ1) is 6.72. The van der Waals surface area contributed by atoms with Gasteiger partial charge in [0.05, 0.1) is 6.61 Å². The van der Waals surface area contributed by atoms with Crippen molar-refractivity contribution in [3.63, 3.8) is 0 Å². The van der Waals surface area contributed by atoms with E-state index in [0.29, 0.717) is 6.61 Å². The van der Waals surface area contributed by atoms with Gasteiger partial charge in [-0.2, -0.15) is 0 Å². The molecule has 0 unspecified atom stereocenters. The lowest BCUT2D eigenvalue weighted by Gasteiger charge is -2.02. The van der Waals surface area contributed by atoms with E-state index in [1.807, 2.05) is 6.92 Å². The number of aliphatic hydroxyl groups is 1. The summed E-state index contributed by atoms with van der Waals surface area (Å²) >= 11 is 0. The van der Waals surface area contributed by atoms with E-state index in [1.165, 1.54) is 6.08 Å². The number of hydrogen-bond acceptors (Lipinski definition) is 3. The standard InChI is InChI=1S/C11H20O3/c1-3-5-7-8-10(12)11(13)14-9-6-4-2/h8,12H,3-7,9H2,1-2H3. The number of carbonyl (C=O) groups is 1. The summed E-state index contributed by atoms with van der Waals surface area (Å²) in [5.41, 5.74) is 0. The third kappa shape index (κ3) is 6.52. The third-order valence-corrected chi connectivity index (χ3v) is 1.84. The molecule has 0 rings (SSSR count). The van der Waals surface area contributed by atoms with Gasteiger partial charge in [-0.1, -0.05) is 26.7 Å². The highest BCUT2D eigenvalue weighted by Gasteiger charge is 2.07. The smallest absolute Gasteiger partial charge is 0.373 e. The number of aliphatic hydroxyl groups excluding tert-OH is 1. The molecule has 0 aromatic rings. The van der Waals surface area contributed by atoms with Gasteiger partial charge >= 0.3 is 5.97 Å². The van der Waals surface area contributed by atoms with Crippen LogP contribution in [0.5, 0.6) is 0 Å². The van der Waals surface area contributed by atoms with E-state index >= 15 is 0 Å². The average Bonchev–Trinajstić information content (AvgIpc) is 2.18. The summed E-state index contributed by atoms with van der Waals surface area (Å²) in [4.78, 5) is 11.1. The van der Waals surface area contributed by atoms with Gasteiger partial charge in [-0.05, 0) is 25.3 Å². The largest absolute Gasteiger partial charge is 0.502 e. The molecule has 0 aliphatic rings. The Bertz CT molecular complexity index is 185. The van der Waals surface area contributed by atoms with Crippen molar-refractivity contribution in [2.24, 2.45) is 0 Å². The molecule has 3 heteroatoms. The van der Waals surface area contributed by atoms with Crippen molar-refractivity contribution in [3.8, 4) is 0 Å². The Kier molecular flexibility index (Phi) is 7.99. The van der Waals surface area contributed by atoms with Crippen LogP contribution in [0.4, 0.5) is 0 Å². The molecule has 0 spiro atoms. The van der Waals surface area contributed by atoms with Gasteiger partial charge < -0.3 is 9.84 Å². The molecule has 14 heavy (non-hydrogen) atoms. The van der Waals surface area contributed by atoms with Crippen molar-refractivity contribution in [1.29, 1.82) is 0 Å². The van der Waals surface area contributed by atoms with Gasteiger partial charge in [0, 0.05) is 0 Å². The van der Waals surface area contributed by atoms with Crippen LogP contribution in [-0.2, 0) is 9.53 Å². The molecule has 82 valence electrons. The predicted molar refractivity (Wildman–Crippen MR) is 56.1 cm³/mol. The highest BCUT2D eigenvalue weighted by atomic mass is 16.5. The molecule has 0 bridgehead atoms. The van der Waals surface area contributed by atoms with E-state index in [2.05, 4.69) is 6.92 Å². The topological polar surface area (TPSA) is 46.5 Å². The minimum Gasteiger partial charge on any atom is -0.502 e. The third-order valence-electron chi connectivity index (χ3n) is 1.84. The normalized spacial score (nSPS) is 11.4. The van der Waals surface area contributed by atoms with Gasteiger partial charge in [-0.3, -0.25) is 0 Å². The number of hydrogen-bond donors (Lipinski definition) is 1. The number of unbranched alkanes of at least 4 members (excludes halogenated alkanes) is 3. The van der Waals surface area contributed by atoms with E-state index in [-0.39, 0.29) is 5.76 Å². The zero-order valence-corrected chi connectivity index (χ0v) is 9.08. The Morgan fingerprint density at radius 3 is 2.50 bits per heavy atom. The SMILES string of the molecule is CCCCC=C(O)C(=O)OCCCC. The molecule has 0 saturated carbocycles. The molecule has 0 radical (unpaired) electrons. The van der Waals surface area contributed by atoms with Crippen LogP contribution in [0.25, 0.3) is 0 Å². The first kappa shape index (κ1) is 13.0. The van der Waals surface area contributed by atoms with Crippen molar-refractivity contribution in [1.82, 2.24) is 0 Å². The summed E-state index contributed by atoms with van der Waals surface area (Å²) < 4.78 is 4.82. The molecular weight excluding hydrogens is 180 g/mol. The summed E-state index contributed by atoms with van der Waals surface area (Å²) in [7, 11) is 0. The van der Waals surface area contributed by atoms with E-state index in [1.54, 1.807) is 0 Å². The van der Waals surface area contributed by atoms with Crippen molar-refractivity contribution in [2.45, 2.75) is 46.0 Å². The first-order valence-corrected chi connectivity index (χ1v) is 5.28. The van der Waals surface area contributed by atoms with Gasteiger partial charge in [0.1, 0.15) is 0 Å². The Morgan fingerprint density at radius 2 is 1.93 bits per heavy atom. The number of rotatable bonds is 7. The molecule has 0 saturated heterocycles. The van der Waals surface area contributed by atoms with Crippen LogP contribution in [0.3, 0.4) is 0 Å².